The van der Waals surface area contributed by atoms with Crippen molar-refractivity contribution in [3.05, 3.63) is 24.0 Å². The first-order valence-electron chi connectivity index (χ1n) is 7.72. The Balaban J connectivity index is 1.66. The van der Waals surface area contributed by atoms with Crippen molar-refractivity contribution in [3.63, 3.8) is 0 Å². The van der Waals surface area contributed by atoms with Gasteiger partial charge in [-0.05, 0) is 50.3 Å². The number of pyridine rings is 1. The molecule has 1 aliphatic carbocycles. The lowest BCUT2D eigenvalue weighted by Crippen LogP contribution is -2.22. The summed E-state index contributed by atoms with van der Waals surface area (Å²) >= 11 is 0. The van der Waals surface area contributed by atoms with Gasteiger partial charge in [0, 0.05) is 19.1 Å². The number of hydrogen-bond donors (Lipinski definition) is 1. The zero-order valence-corrected chi connectivity index (χ0v) is 12.1. The second-order valence-electron chi connectivity index (χ2n) is 6.08. The summed E-state index contributed by atoms with van der Waals surface area (Å²) in [6, 6.07) is 4.77. The summed E-state index contributed by atoms with van der Waals surface area (Å²) in [6.07, 6.45) is 6.37. The van der Waals surface area contributed by atoms with Gasteiger partial charge in [0.05, 0.1) is 17.6 Å². The van der Waals surface area contributed by atoms with E-state index >= 15 is 0 Å². The third-order valence-electron chi connectivity index (χ3n) is 4.82. The fourth-order valence-electron chi connectivity index (χ4n) is 3.70. The molecule has 1 aromatic rings. The molecule has 3 heteroatoms. The van der Waals surface area contributed by atoms with Crippen LogP contribution < -0.4 is 10.2 Å². The van der Waals surface area contributed by atoms with Crippen LogP contribution in [0.4, 0.5) is 5.69 Å². The molecule has 104 valence electrons. The van der Waals surface area contributed by atoms with Gasteiger partial charge in [0.1, 0.15) is 0 Å². The fourth-order valence-corrected chi connectivity index (χ4v) is 3.70. The molecular formula is C16H25N3. The standard InChI is InChI=1S/C16H25N3/c1-3-17-12(2)16-8-7-15(9-18-16)19-10-13-5-4-6-14(13)11-19/h7-9,12-14,17H,3-6,10-11H2,1-2H3. The average molecular weight is 259 g/mol. The Hall–Kier alpha value is -1.09. The molecule has 1 saturated heterocycles. The molecule has 3 atom stereocenters. The lowest BCUT2D eigenvalue weighted by Gasteiger charge is -2.20. The summed E-state index contributed by atoms with van der Waals surface area (Å²) in [4.78, 5) is 7.16. The van der Waals surface area contributed by atoms with Gasteiger partial charge in [-0.3, -0.25) is 4.98 Å². The monoisotopic (exact) mass is 259 g/mol. The molecule has 1 N–H and O–H groups in total. The van der Waals surface area contributed by atoms with Crippen LogP contribution in [-0.2, 0) is 0 Å². The van der Waals surface area contributed by atoms with Crippen LogP contribution >= 0.6 is 0 Å². The molecule has 3 rings (SSSR count). The van der Waals surface area contributed by atoms with Gasteiger partial charge in [-0.25, -0.2) is 0 Å². The van der Waals surface area contributed by atoms with Gasteiger partial charge < -0.3 is 10.2 Å². The third-order valence-corrected chi connectivity index (χ3v) is 4.82. The first kappa shape index (κ1) is 12.9. The molecule has 2 aliphatic rings. The topological polar surface area (TPSA) is 28.2 Å². The normalized spacial score (nSPS) is 27.6. The lowest BCUT2D eigenvalue weighted by molar-refractivity contribution is 0.494. The number of nitrogens with zero attached hydrogens (tertiary/aromatic N) is 2. The van der Waals surface area contributed by atoms with Gasteiger partial charge >= 0.3 is 0 Å². The molecule has 3 nitrogen and oxygen atoms in total. The average Bonchev–Trinajstić information content (AvgIpc) is 3.00. The maximum Gasteiger partial charge on any atom is 0.0572 e. The number of hydrogen-bond acceptors (Lipinski definition) is 3. The maximum atomic E-state index is 4.63. The Morgan fingerprint density at radius 1 is 1.32 bits per heavy atom. The highest BCUT2D eigenvalue weighted by molar-refractivity contribution is 5.46. The van der Waals surface area contributed by atoms with E-state index in [1.54, 1.807) is 0 Å². The molecule has 0 amide bonds. The molecule has 1 aromatic heterocycles. The van der Waals surface area contributed by atoms with Gasteiger partial charge in [-0.1, -0.05) is 13.3 Å². The van der Waals surface area contributed by atoms with Crippen molar-refractivity contribution in [2.75, 3.05) is 24.5 Å². The summed E-state index contributed by atoms with van der Waals surface area (Å²) in [5.41, 5.74) is 2.45. The van der Waals surface area contributed by atoms with E-state index in [1.807, 2.05) is 0 Å². The van der Waals surface area contributed by atoms with Crippen molar-refractivity contribution in [2.45, 2.75) is 39.2 Å². The van der Waals surface area contributed by atoms with E-state index in [0.29, 0.717) is 6.04 Å². The van der Waals surface area contributed by atoms with Crippen LogP contribution in [0.5, 0.6) is 0 Å². The van der Waals surface area contributed by atoms with Crippen molar-refractivity contribution < 1.29 is 0 Å². The quantitative estimate of drug-likeness (QED) is 0.901. The zero-order valence-electron chi connectivity index (χ0n) is 12.1. The summed E-state index contributed by atoms with van der Waals surface area (Å²) in [6.45, 7) is 7.78. The van der Waals surface area contributed by atoms with Crippen LogP contribution in [0, 0.1) is 11.8 Å². The summed E-state index contributed by atoms with van der Waals surface area (Å²) < 4.78 is 0. The van der Waals surface area contributed by atoms with E-state index in [1.165, 1.54) is 38.0 Å². The number of anilines is 1. The second kappa shape index (κ2) is 5.49. The van der Waals surface area contributed by atoms with E-state index in [0.717, 1.165) is 24.1 Å². The van der Waals surface area contributed by atoms with Crippen LogP contribution in [0.15, 0.2) is 18.3 Å². The van der Waals surface area contributed by atoms with Gasteiger partial charge in [-0.15, -0.1) is 0 Å². The minimum atomic E-state index is 0.344. The molecule has 1 saturated carbocycles. The number of aromatic nitrogens is 1. The van der Waals surface area contributed by atoms with Crippen LogP contribution in [0.1, 0.15) is 44.8 Å². The molecule has 0 radical (unpaired) electrons. The predicted octanol–water partition coefficient (Wildman–Crippen LogP) is 2.99. The Kier molecular flexibility index (Phi) is 3.74. The van der Waals surface area contributed by atoms with Gasteiger partial charge in [0.25, 0.3) is 0 Å². The number of nitrogens with one attached hydrogen (secondary N) is 1. The minimum absolute atomic E-state index is 0.344. The van der Waals surface area contributed by atoms with Gasteiger partial charge in [-0.2, -0.15) is 0 Å². The first-order valence-corrected chi connectivity index (χ1v) is 7.72. The van der Waals surface area contributed by atoms with E-state index in [9.17, 15) is 0 Å². The van der Waals surface area contributed by atoms with Crippen LogP contribution in [0.2, 0.25) is 0 Å². The number of rotatable bonds is 4. The Morgan fingerprint density at radius 2 is 2.05 bits per heavy atom. The van der Waals surface area contributed by atoms with Crippen molar-refractivity contribution in [2.24, 2.45) is 11.8 Å². The first-order chi connectivity index (χ1) is 9.28. The van der Waals surface area contributed by atoms with Crippen molar-refractivity contribution in [1.82, 2.24) is 10.3 Å². The maximum absolute atomic E-state index is 4.63. The molecule has 0 spiro atoms. The highest BCUT2D eigenvalue weighted by Gasteiger charge is 2.36. The van der Waals surface area contributed by atoms with Gasteiger partial charge in [0.15, 0.2) is 0 Å². The zero-order chi connectivity index (χ0) is 13.2. The highest BCUT2D eigenvalue weighted by Crippen LogP contribution is 2.39. The second-order valence-corrected chi connectivity index (χ2v) is 6.08. The molecule has 0 aromatic carbocycles. The van der Waals surface area contributed by atoms with E-state index < -0.39 is 0 Å². The highest BCUT2D eigenvalue weighted by atomic mass is 15.2. The fraction of sp³-hybridized carbons (Fsp3) is 0.688. The van der Waals surface area contributed by atoms with Crippen LogP contribution in [-0.4, -0.2) is 24.6 Å². The van der Waals surface area contributed by atoms with Crippen molar-refractivity contribution in [1.29, 1.82) is 0 Å². The predicted molar refractivity (Wildman–Crippen MR) is 79.4 cm³/mol. The van der Waals surface area contributed by atoms with Crippen LogP contribution in [0.3, 0.4) is 0 Å². The number of fused-ring (bicyclic) bond motifs is 1. The Bertz CT molecular complexity index is 403. The summed E-state index contributed by atoms with van der Waals surface area (Å²) in [7, 11) is 0. The molecule has 0 bridgehead atoms. The largest absolute Gasteiger partial charge is 0.370 e. The molecule has 1 aliphatic heterocycles. The van der Waals surface area contributed by atoms with Gasteiger partial charge in [0.2, 0.25) is 0 Å². The minimum Gasteiger partial charge on any atom is -0.370 e. The lowest BCUT2D eigenvalue weighted by atomic mass is 10.0. The Labute approximate surface area is 116 Å². The SMILES string of the molecule is CCNC(C)c1ccc(N2CC3CCCC3C2)cn1. The summed E-state index contributed by atoms with van der Waals surface area (Å²) in [5, 5.41) is 3.41. The molecular weight excluding hydrogens is 234 g/mol. The van der Waals surface area contributed by atoms with Crippen LogP contribution in [0.25, 0.3) is 0 Å². The third kappa shape index (κ3) is 2.62. The van der Waals surface area contributed by atoms with E-state index in [4.69, 9.17) is 0 Å². The van der Waals surface area contributed by atoms with Crippen molar-refractivity contribution >= 4 is 5.69 Å². The molecule has 19 heavy (non-hydrogen) atoms. The van der Waals surface area contributed by atoms with Crippen molar-refractivity contribution in [3.8, 4) is 0 Å². The van der Waals surface area contributed by atoms with E-state index in [-0.39, 0.29) is 0 Å². The Morgan fingerprint density at radius 3 is 2.63 bits per heavy atom. The smallest absolute Gasteiger partial charge is 0.0572 e. The molecule has 3 unspecified atom stereocenters. The molecule has 2 fully saturated rings. The summed E-state index contributed by atoms with van der Waals surface area (Å²) in [5.74, 6) is 1.89. The molecule has 2 heterocycles. The van der Waals surface area contributed by atoms with E-state index in [2.05, 4.69) is 47.4 Å².